The Morgan fingerprint density at radius 1 is 0.903 bits per heavy atom. The molecule has 4 aliphatic carbocycles. The number of halogens is 1. The highest BCUT2D eigenvalue weighted by Crippen LogP contribution is 2.65. The zero-order chi connectivity index (χ0) is 21.3. The zero-order valence-electron chi connectivity index (χ0n) is 16.6. The minimum atomic E-state index is -0.403. The number of ketones is 1. The molecule has 6 atom stereocenters. The standard InChI is InChI=1S/C25H20FNO4/c26-14-3-1-13(2-4-14)21(28)12-31-16-7-5-15(6-8-16)27-24(29)22-17-9-10-18(20-11-19(17)20)23(22)25(27)30/h1-10,17-20,22-23H,11-12H2/t17-,18+,19?,20?,22?,23?. The summed E-state index contributed by atoms with van der Waals surface area (Å²) in [5.74, 6) is 0.677. The van der Waals surface area contributed by atoms with Gasteiger partial charge in [0.25, 0.3) is 0 Å². The fourth-order valence-corrected chi connectivity index (χ4v) is 5.77. The Bertz CT molecular complexity index is 1090. The minimum absolute atomic E-state index is 0.0974. The molecule has 7 rings (SSSR count). The molecule has 156 valence electrons. The number of ether oxygens (including phenoxy) is 1. The lowest BCUT2D eigenvalue weighted by molar-refractivity contribution is -0.124. The van der Waals surface area contributed by atoms with Crippen LogP contribution in [0.2, 0.25) is 0 Å². The Morgan fingerprint density at radius 2 is 1.48 bits per heavy atom. The summed E-state index contributed by atoms with van der Waals surface area (Å²) >= 11 is 0. The second kappa shape index (κ2) is 6.61. The number of Topliss-reactive ketones (excluding diaryl/α,β-unsaturated/α-hetero) is 1. The number of imide groups is 1. The van der Waals surface area contributed by atoms with Crippen molar-refractivity contribution in [3.05, 3.63) is 72.1 Å². The van der Waals surface area contributed by atoms with Crippen LogP contribution in [0.15, 0.2) is 60.7 Å². The lowest BCUT2D eigenvalue weighted by Crippen LogP contribution is -2.40. The fourth-order valence-electron chi connectivity index (χ4n) is 5.77. The molecule has 1 saturated heterocycles. The molecule has 2 bridgehead atoms. The highest BCUT2D eigenvalue weighted by atomic mass is 19.1. The van der Waals surface area contributed by atoms with Crippen molar-refractivity contribution in [2.24, 2.45) is 35.5 Å². The molecule has 0 radical (unpaired) electrons. The van der Waals surface area contributed by atoms with Crippen molar-refractivity contribution in [3.63, 3.8) is 0 Å². The van der Waals surface area contributed by atoms with Gasteiger partial charge in [-0.25, -0.2) is 4.39 Å². The normalized spacial score (nSPS) is 32.1. The van der Waals surface area contributed by atoms with Gasteiger partial charge in [-0.15, -0.1) is 0 Å². The Hall–Kier alpha value is -3.28. The Labute approximate surface area is 178 Å². The largest absolute Gasteiger partial charge is 0.485 e. The van der Waals surface area contributed by atoms with E-state index in [9.17, 15) is 18.8 Å². The number of rotatable bonds is 5. The maximum Gasteiger partial charge on any atom is 0.238 e. The molecule has 0 N–H and O–H groups in total. The van der Waals surface area contributed by atoms with Crippen LogP contribution in [0, 0.1) is 41.3 Å². The number of hydrogen-bond acceptors (Lipinski definition) is 4. The smallest absolute Gasteiger partial charge is 0.238 e. The molecule has 1 aliphatic heterocycles. The van der Waals surface area contributed by atoms with Crippen molar-refractivity contribution in [2.45, 2.75) is 6.42 Å². The van der Waals surface area contributed by atoms with Crippen molar-refractivity contribution in [3.8, 4) is 5.75 Å². The van der Waals surface area contributed by atoms with Crippen molar-refractivity contribution < 1.29 is 23.5 Å². The Morgan fingerprint density at radius 3 is 2.06 bits per heavy atom. The van der Waals surface area contributed by atoms with E-state index in [1.54, 1.807) is 24.3 Å². The summed E-state index contributed by atoms with van der Waals surface area (Å²) in [6.07, 6.45) is 5.45. The molecule has 4 unspecified atom stereocenters. The molecule has 31 heavy (non-hydrogen) atoms. The highest BCUT2D eigenvalue weighted by Gasteiger charge is 2.67. The predicted octanol–water partition coefficient (Wildman–Crippen LogP) is 3.64. The van der Waals surface area contributed by atoms with Crippen LogP contribution in [0.1, 0.15) is 16.8 Å². The van der Waals surface area contributed by atoms with E-state index >= 15 is 0 Å². The van der Waals surface area contributed by atoms with E-state index in [-0.39, 0.29) is 47.9 Å². The maximum absolute atomic E-state index is 13.2. The van der Waals surface area contributed by atoms with E-state index < -0.39 is 5.82 Å². The summed E-state index contributed by atoms with van der Waals surface area (Å²) in [5.41, 5.74) is 0.907. The van der Waals surface area contributed by atoms with Gasteiger partial charge in [0.2, 0.25) is 11.8 Å². The Balaban J connectivity index is 1.16. The average Bonchev–Trinajstić information content (AvgIpc) is 3.56. The predicted molar refractivity (Wildman–Crippen MR) is 110 cm³/mol. The lowest BCUT2D eigenvalue weighted by Gasteiger charge is -2.37. The summed E-state index contributed by atoms with van der Waals surface area (Å²) in [6, 6.07) is 12.0. The first-order chi connectivity index (χ1) is 15.0. The van der Waals surface area contributed by atoms with Crippen LogP contribution in [0.5, 0.6) is 5.75 Å². The van der Waals surface area contributed by atoms with Gasteiger partial charge in [-0.05, 0) is 78.6 Å². The fraction of sp³-hybridized carbons (Fsp3) is 0.320. The van der Waals surface area contributed by atoms with Gasteiger partial charge in [0.05, 0.1) is 17.5 Å². The molecular weight excluding hydrogens is 397 g/mol. The molecule has 3 fully saturated rings. The van der Waals surface area contributed by atoms with Crippen molar-refractivity contribution in [1.82, 2.24) is 0 Å². The summed E-state index contributed by atoms with van der Waals surface area (Å²) in [6.45, 7) is -0.186. The van der Waals surface area contributed by atoms with E-state index in [0.717, 1.165) is 6.42 Å². The zero-order valence-corrected chi connectivity index (χ0v) is 16.6. The van der Waals surface area contributed by atoms with E-state index in [1.807, 2.05) is 0 Å². The van der Waals surface area contributed by atoms with Gasteiger partial charge in [0.15, 0.2) is 12.4 Å². The van der Waals surface area contributed by atoms with Crippen LogP contribution in [0.3, 0.4) is 0 Å². The monoisotopic (exact) mass is 417 g/mol. The van der Waals surface area contributed by atoms with Gasteiger partial charge >= 0.3 is 0 Å². The SMILES string of the molecule is O=C(COc1ccc(N2C(=O)C3C(C2=O)[C@H]2C=C[C@@H]3C3CC32)cc1)c1ccc(F)cc1. The van der Waals surface area contributed by atoms with Gasteiger partial charge in [-0.3, -0.25) is 19.3 Å². The van der Waals surface area contributed by atoms with Gasteiger partial charge in [0.1, 0.15) is 11.6 Å². The number of hydrogen-bond donors (Lipinski definition) is 0. The second-order valence-electron chi connectivity index (χ2n) is 8.88. The number of benzene rings is 2. The average molecular weight is 417 g/mol. The van der Waals surface area contributed by atoms with Crippen molar-refractivity contribution >= 4 is 23.3 Å². The Kier molecular flexibility index (Phi) is 3.94. The van der Waals surface area contributed by atoms with E-state index in [2.05, 4.69) is 12.2 Å². The molecule has 6 heteroatoms. The molecule has 0 aromatic heterocycles. The molecule has 2 aromatic rings. The molecule has 5 aliphatic rings. The molecule has 0 spiro atoms. The van der Waals surface area contributed by atoms with E-state index in [0.29, 0.717) is 28.8 Å². The number of anilines is 1. The van der Waals surface area contributed by atoms with Crippen molar-refractivity contribution in [1.29, 1.82) is 0 Å². The van der Waals surface area contributed by atoms with Gasteiger partial charge in [0, 0.05) is 5.56 Å². The maximum atomic E-state index is 13.2. The van der Waals surface area contributed by atoms with E-state index in [4.69, 9.17) is 4.74 Å². The van der Waals surface area contributed by atoms with Crippen LogP contribution >= 0.6 is 0 Å². The molecule has 2 saturated carbocycles. The van der Waals surface area contributed by atoms with Gasteiger partial charge in [-0.1, -0.05) is 12.2 Å². The van der Waals surface area contributed by atoms with Crippen LogP contribution in [-0.2, 0) is 9.59 Å². The van der Waals surface area contributed by atoms with Gasteiger partial charge in [-0.2, -0.15) is 0 Å². The summed E-state index contributed by atoms with van der Waals surface area (Å²) in [7, 11) is 0. The van der Waals surface area contributed by atoms with Crippen LogP contribution < -0.4 is 9.64 Å². The third-order valence-corrected chi connectivity index (χ3v) is 7.29. The van der Waals surface area contributed by atoms with Crippen LogP contribution in [-0.4, -0.2) is 24.2 Å². The quantitative estimate of drug-likeness (QED) is 0.423. The first-order valence-electron chi connectivity index (χ1n) is 10.6. The third kappa shape index (κ3) is 2.77. The summed E-state index contributed by atoms with van der Waals surface area (Å²) in [4.78, 5) is 39.8. The molecule has 5 nitrogen and oxygen atoms in total. The van der Waals surface area contributed by atoms with E-state index in [1.165, 1.54) is 29.2 Å². The second-order valence-corrected chi connectivity index (χ2v) is 8.88. The van der Waals surface area contributed by atoms with Crippen molar-refractivity contribution in [2.75, 3.05) is 11.5 Å². The van der Waals surface area contributed by atoms with Crippen LogP contribution in [0.25, 0.3) is 0 Å². The number of nitrogens with zero attached hydrogens (tertiary/aromatic N) is 1. The topological polar surface area (TPSA) is 63.7 Å². The summed E-state index contributed by atoms with van der Waals surface area (Å²) in [5, 5.41) is 0. The van der Waals surface area contributed by atoms with Gasteiger partial charge < -0.3 is 4.74 Å². The third-order valence-electron chi connectivity index (χ3n) is 7.29. The molecule has 1 heterocycles. The molecular formula is C25H20FNO4. The van der Waals surface area contributed by atoms with Crippen LogP contribution in [0.4, 0.5) is 10.1 Å². The number of amides is 2. The molecule has 2 aromatic carbocycles. The molecule has 2 amide bonds. The number of allylic oxidation sites excluding steroid dienone is 2. The first kappa shape index (κ1) is 18.5. The number of carbonyl (C=O) groups excluding carboxylic acids is 3. The lowest BCUT2D eigenvalue weighted by atomic mass is 9.63. The first-order valence-corrected chi connectivity index (χ1v) is 10.6. The highest BCUT2D eigenvalue weighted by molar-refractivity contribution is 6.22. The number of carbonyl (C=O) groups is 3. The minimum Gasteiger partial charge on any atom is -0.485 e. The summed E-state index contributed by atoms with van der Waals surface area (Å²) < 4.78 is 18.5.